The number of carbonyl (C=O) groups is 1. The number of aromatic hydroxyl groups is 1. The van der Waals surface area contributed by atoms with E-state index in [0.29, 0.717) is 32.2 Å². The first-order chi connectivity index (χ1) is 17.1. The molecule has 9 heteroatoms. The first kappa shape index (κ1) is 24.1. The third-order valence-electron chi connectivity index (χ3n) is 7.49. The number of benzene rings is 2. The molecule has 3 fully saturated rings. The maximum Gasteiger partial charge on any atom is 0.419 e. The zero-order valence-corrected chi connectivity index (χ0v) is 19.3. The standard InChI is InChI=1S/C27H25F4N3O2/c28-19-9-7-17(8-10-19)12-18(13-33-24(36)20-4-1-2-6-22(20)35)25-14-26(15-25,16-25)34-23-21(27(29,30)31)5-3-11-32-23/h1-11,18,35H,12-16H2,(H,32,34)(H,33,36). The molecule has 0 radical (unpaired) electrons. The Hall–Kier alpha value is -3.62. The van der Waals surface area contributed by atoms with E-state index in [0.717, 1.165) is 11.6 Å². The molecular weight excluding hydrogens is 474 g/mol. The number of pyridine rings is 1. The second-order valence-electron chi connectivity index (χ2n) is 9.95. The lowest BCUT2D eigenvalue weighted by atomic mass is 9.35. The fourth-order valence-corrected chi connectivity index (χ4v) is 5.80. The van der Waals surface area contributed by atoms with Crippen LogP contribution < -0.4 is 10.6 Å². The molecule has 36 heavy (non-hydrogen) atoms. The van der Waals surface area contributed by atoms with E-state index in [-0.39, 0.29) is 34.3 Å². The molecule has 188 valence electrons. The van der Waals surface area contributed by atoms with Crippen LogP contribution in [0.5, 0.6) is 5.75 Å². The van der Waals surface area contributed by atoms with Crippen molar-refractivity contribution >= 4 is 11.7 Å². The Kier molecular flexibility index (Phi) is 5.89. The van der Waals surface area contributed by atoms with Crippen LogP contribution in [0.3, 0.4) is 0 Å². The van der Waals surface area contributed by atoms with E-state index in [9.17, 15) is 27.5 Å². The van der Waals surface area contributed by atoms with Gasteiger partial charge in [0.25, 0.3) is 5.91 Å². The van der Waals surface area contributed by atoms with Gasteiger partial charge in [-0.3, -0.25) is 4.79 Å². The van der Waals surface area contributed by atoms with Crippen molar-refractivity contribution in [2.45, 2.75) is 37.4 Å². The van der Waals surface area contributed by atoms with Gasteiger partial charge < -0.3 is 15.7 Å². The van der Waals surface area contributed by atoms with Crippen molar-refractivity contribution in [2.75, 3.05) is 11.9 Å². The van der Waals surface area contributed by atoms with Crippen LogP contribution in [0.1, 0.15) is 40.7 Å². The zero-order chi connectivity index (χ0) is 25.6. The molecule has 1 aromatic heterocycles. The number of rotatable bonds is 8. The average Bonchev–Trinajstić information content (AvgIpc) is 2.79. The summed E-state index contributed by atoms with van der Waals surface area (Å²) in [5.74, 6) is -1.05. The van der Waals surface area contributed by atoms with Crippen molar-refractivity contribution in [1.82, 2.24) is 10.3 Å². The number of alkyl halides is 3. The van der Waals surface area contributed by atoms with Gasteiger partial charge in [-0.15, -0.1) is 0 Å². The van der Waals surface area contributed by atoms with Crippen molar-refractivity contribution < 1.29 is 27.5 Å². The predicted octanol–water partition coefficient (Wildman–Crippen LogP) is 5.57. The number of amides is 1. The van der Waals surface area contributed by atoms with E-state index in [1.54, 1.807) is 24.3 Å². The van der Waals surface area contributed by atoms with Gasteiger partial charge in [-0.2, -0.15) is 13.2 Å². The highest BCUT2D eigenvalue weighted by atomic mass is 19.4. The summed E-state index contributed by atoms with van der Waals surface area (Å²) in [6.07, 6.45) is -0.653. The predicted molar refractivity (Wildman–Crippen MR) is 126 cm³/mol. The number of nitrogens with zero attached hydrogens (tertiary/aromatic N) is 1. The number of halogens is 4. The van der Waals surface area contributed by atoms with E-state index in [1.165, 1.54) is 36.5 Å². The minimum Gasteiger partial charge on any atom is -0.507 e. The number of carbonyl (C=O) groups excluding carboxylic acids is 1. The summed E-state index contributed by atoms with van der Waals surface area (Å²) in [5.41, 5.74) is -0.336. The van der Waals surface area contributed by atoms with Crippen molar-refractivity contribution in [3.05, 3.63) is 89.4 Å². The number of phenols is 1. The van der Waals surface area contributed by atoms with Gasteiger partial charge in [-0.1, -0.05) is 24.3 Å². The molecule has 2 aromatic carbocycles. The lowest BCUT2D eigenvalue weighted by Crippen LogP contribution is -2.74. The molecule has 0 spiro atoms. The van der Waals surface area contributed by atoms with Crippen molar-refractivity contribution in [3.63, 3.8) is 0 Å². The topological polar surface area (TPSA) is 74.2 Å². The summed E-state index contributed by atoms with van der Waals surface area (Å²) in [7, 11) is 0. The maximum absolute atomic E-state index is 13.4. The van der Waals surface area contributed by atoms with Gasteiger partial charge >= 0.3 is 6.18 Å². The normalized spacial score (nSPS) is 23.2. The van der Waals surface area contributed by atoms with Gasteiger partial charge in [0.05, 0.1) is 11.1 Å². The second kappa shape index (κ2) is 8.80. The van der Waals surface area contributed by atoms with Gasteiger partial charge in [-0.05, 0) is 79.0 Å². The van der Waals surface area contributed by atoms with Crippen LogP contribution in [0, 0.1) is 17.2 Å². The lowest BCUT2D eigenvalue weighted by molar-refractivity contribution is -0.159. The lowest BCUT2D eigenvalue weighted by Gasteiger charge is -2.73. The Labute approximate surface area is 205 Å². The molecule has 0 saturated heterocycles. The fourth-order valence-electron chi connectivity index (χ4n) is 5.80. The van der Waals surface area contributed by atoms with Gasteiger partial charge in [0.15, 0.2) is 0 Å². The Morgan fingerprint density at radius 3 is 2.39 bits per heavy atom. The number of nitrogens with one attached hydrogen (secondary N) is 2. The zero-order valence-electron chi connectivity index (χ0n) is 19.3. The molecule has 1 heterocycles. The summed E-state index contributed by atoms with van der Waals surface area (Å²) in [6, 6.07) is 14.7. The highest BCUT2D eigenvalue weighted by Crippen LogP contribution is 2.72. The molecule has 3 aliphatic carbocycles. The van der Waals surface area contributed by atoms with Crippen molar-refractivity contribution in [1.29, 1.82) is 0 Å². The van der Waals surface area contributed by atoms with E-state index in [1.807, 2.05) is 0 Å². The molecule has 5 nitrogen and oxygen atoms in total. The number of hydrogen-bond acceptors (Lipinski definition) is 4. The molecule has 3 N–H and O–H groups in total. The number of aromatic nitrogens is 1. The van der Waals surface area contributed by atoms with Crippen LogP contribution in [0.4, 0.5) is 23.4 Å². The summed E-state index contributed by atoms with van der Waals surface area (Å²) in [5, 5.41) is 15.9. The quantitative estimate of drug-likeness (QED) is 0.355. The van der Waals surface area contributed by atoms with Crippen LogP contribution in [0.2, 0.25) is 0 Å². The van der Waals surface area contributed by atoms with Crippen molar-refractivity contribution in [2.24, 2.45) is 11.3 Å². The third kappa shape index (κ3) is 4.50. The van der Waals surface area contributed by atoms with Crippen LogP contribution in [0.25, 0.3) is 0 Å². The van der Waals surface area contributed by atoms with Gasteiger partial charge in [-0.25, -0.2) is 9.37 Å². The van der Waals surface area contributed by atoms with Crippen LogP contribution >= 0.6 is 0 Å². The van der Waals surface area contributed by atoms with Gasteiger partial charge in [0.1, 0.15) is 17.4 Å². The maximum atomic E-state index is 13.4. The molecule has 2 bridgehead atoms. The number of para-hydroxylation sites is 1. The summed E-state index contributed by atoms with van der Waals surface area (Å²) in [4.78, 5) is 16.6. The SMILES string of the molecule is O=C(NCC(Cc1ccc(F)cc1)C12CC(Nc3ncccc3C(F)(F)F)(C1)C2)c1ccccc1O. The summed E-state index contributed by atoms with van der Waals surface area (Å²) >= 11 is 0. The monoisotopic (exact) mass is 499 g/mol. The Bertz CT molecular complexity index is 1260. The largest absolute Gasteiger partial charge is 0.507 e. The summed E-state index contributed by atoms with van der Waals surface area (Å²) < 4.78 is 53.7. The van der Waals surface area contributed by atoms with E-state index < -0.39 is 23.2 Å². The molecular formula is C27H25F4N3O2. The average molecular weight is 500 g/mol. The van der Waals surface area contributed by atoms with Crippen LogP contribution in [-0.4, -0.2) is 28.1 Å². The van der Waals surface area contributed by atoms with Gasteiger partial charge in [0, 0.05) is 18.3 Å². The minimum absolute atomic E-state index is 0.0211. The van der Waals surface area contributed by atoms with Gasteiger partial charge in [0.2, 0.25) is 0 Å². The minimum atomic E-state index is -4.50. The van der Waals surface area contributed by atoms with E-state index >= 15 is 0 Å². The highest BCUT2D eigenvalue weighted by Gasteiger charge is 2.70. The van der Waals surface area contributed by atoms with Crippen molar-refractivity contribution in [3.8, 4) is 5.75 Å². The fraction of sp³-hybridized carbons (Fsp3) is 0.333. The van der Waals surface area contributed by atoms with Crippen LogP contribution in [-0.2, 0) is 12.6 Å². The Morgan fingerprint density at radius 1 is 1.03 bits per heavy atom. The molecule has 3 aromatic rings. The molecule has 3 aliphatic rings. The third-order valence-corrected chi connectivity index (χ3v) is 7.49. The number of anilines is 1. The second-order valence-corrected chi connectivity index (χ2v) is 9.95. The first-order valence-corrected chi connectivity index (χ1v) is 11.7. The highest BCUT2D eigenvalue weighted by molar-refractivity contribution is 5.96. The van der Waals surface area contributed by atoms with E-state index in [4.69, 9.17) is 0 Å². The molecule has 1 unspecified atom stereocenters. The molecule has 1 amide bonds. The van der Waals surface area contributed by atoms with E-state index in [2.05, 4.69) is 15.6 Å². The first-order valence-electron chi connectivity index (χ1n) is 11.7. The Balaban J connectivity index is 1.30. The number of phenolic OH excluding ortho intramolecular Hbond substituents is 1. The molecule has 0 aliphatic heterocycles. The number of hydrogen-bond donors (Lipinski definition) is 3. The molecule has 6 rings (SSSR count). The van der Waals surface area contributed by atoms with Crippen LogP contribution in [0.15, 0.2) is 66.9 Å². The summed E-state index contributed by atoms with van der Waals surface area (Å²) in [6.45, 7) is 0.317. The Morgan fingerprint density at radius 2 is 1.72 bits per heavy atom. The smallest absolute Gasteiger partial charge is 0.419 e. The molecule has 1 atom stereocenters. The molecule has 3 saturated carbocycles.